The normalized spacial score (nSPS) is 11.9. The van der Waals surface area contributed by atoms with Crippen molar-refractivity contribution in [3.05, 3.63) is 36.1 Å². The van der Waals surface area contributed by atoms with Crippen LogP contribution in [0.5, 0.6) is 5.75 Å². The number of aromatic nitrogens is 1. The van der Waals surface area contributed by atoms with Gasteiger partial charge in [-0.05, 0) is 44.7 Å². The number of benzene rings is 1. The number of likely N-dealkylation sites (N-methyl/N-ethyl adjacent to an activating group) is 1. The van der Waals surface area contributed by atoms with E-state index in [1.807, 2.05) is 6.92 Å². The fourth-order valence-corrected chi connectivity index (χ4v) is 2.40. The maximum absolute atomic E-state index is 12.4. The molecule has 1 atom stereocenters. The Balaban J connectivity index is 1.91. The molecule has 1 aromatic carbocycles. The summed E-state index contributed by atoms with van der Waals surface area (Å²) in [6.45, 7) is 6.02. The fourth-order valence-electron chi connectivity index (χ4n) is 2.40. The van der Waals surface area contributed by atoms with Crippen molar-refractivity contribution in [2.75, 3.05) is 30.8 Å². The second kappa shape index (κ2) is 9.00. The van der Waals surface area contributed by atoms with Gasteiger partial charge in [0.05, 0.1) is 19.7 Å². The van der Waals surface area contributed by atoms with E-state index in [0.717, 1.165) is 0 Å². The minimum atomic E-state index is -0.501. The summed E-state index contributed by atoms with van der Waals surface area (Å²) in [5.74, 6) is 1.23. The molecular weight excluding hydrogens is 336 g/mol. The molecule has 2 amide bonds. The molecule has 0 radical (unpaired) electrons. The standard InChI is InChI=1S/C18H24N4O4/c1-5-22(13(3)18(24)20-16-10-12(2)26-21-16)11-17(23)19-14-6-8-15(25-4)9-7-14/h6-10,13H,5,11H2,1-4H3,(H,19,23)(H,20,21,24)/t13-/m0/s1. The number of carbonyl (C=O) groups is 2. The number of methoxy groups -OCH3 is 1. The van der Waals surface area contributed by atoms with Gasteiger partial charge in [-0.3, -0.25) is 14.5 Å². The first-order valence-electron chi connectivity index (χ1n) is 8.35. The van der Waals surface area contributed by atoms with Gasteiger partial charge in [0.15, 0.2) is 5.82 Å². The lowest BCUT2D eigenvalue weighted by Crippen LogP contribution is -2.45. The van der Waals surface area contributed by atoms with Crippen molar-refractivity contribution >= 4 is 23.3 Å². The molecule has 1 aromatic heterocycles. The van der Waals surface area contributed by atoms with Crippen LogP contribution in [-0.2, 0) is 9.59 Å². The predicted molar refractivity (Wildman–Crippen MR) is 98.2 cm³/mol. The van der Waals surface area contributed by atoms with Crippen LogP contribution in [0.15, 0.2) is 34.9 Å². The lowest BCUT2D eigenvalue weighted by atomic mass is 10.2. The van der Waals surface area contributed by atoms with E-state index in [0.29, 0.717) is 29.6 Å². The minimum absolute atomic E-state index is 0.0922. The number of nitrogens with one attached hydrogen (secondary N) is 2. The topological polar surface area (TPSA) is 96.7 Å². The maximum atomic E-state index is 12.4. The molecule has 0 aliphatic heterocycles. The van der Waals surface area contributed by atoms with Gasteiger partial charge in [-0.25, -0.2) is 0 Å². The molecule has 0 aliphatic carbocycles. The van der Waals surface area contributed by atoms with Crippen LogP contribution in [0.2, 0.25) is 0 Å². The van der Waals surface area contributed by atoms with Gasteiger partial charge in [0, 0.05) is 11.8 Å². The molecule has 140 valence electrons. The molecule has 0 unspecified atom stereocenters. The average molecular weight is 360 g/mol. The molecule has 0 aliphatic rings. The Labute approximate surface area is 152 Å². The van der Waals surface area contributed by atoms with Crippen molar-refractivity contribution in [1.29, 1.82) is 0 Å². The van der Waals surface area contributed by atoms with E-state index in [1.165, 1.54) is 0 Å². The van der Waals surface area contributed by atoms with E-state index in [1.54, 1.807) is 56.2 Å². The van der Waals surface area contributed by atoms with Crippen molar-refractivity contribution < 1.29 is 18.8 Å². The first kappa shape index (κ1) is 19.5. The zero-order valence-electron chi connectivity index (χ0n) is 15.4. The number of carbonyl (C=O) groups excluding carboxylic acids is 2. The SMILES string of the molecule is CCN(CC(=O)Nc1ccc(OC)cc1)[C@@H](C)C(=O)Nc1cc(C)on1. The second-order valence-electron chi connectivity index (χ2n) is 5.83. The predicted octanol–water partition coefficient (Wildman–Crippen LogP) is 2.28. The molecule has 2 rings (SSSR count). The highest BCUT2D eigenvalue weighted by molar-refractivity contribution is 5.95. The van der Waals surface area contributed by atoms with Gasteiger partial charge in [0.25, 0.3) is 0 Å². The fraction of sp³-hybridized carbons (Fsp3) is 0.389. The largest absolute Gasteiger partial charge is 0.497 e. The number of hydrogen-bond donors (Lipinski definition) is 2. The van der Waals surface area contributed by atoms with Crippen LogP contribution in [-0.4, -0.2) is 48.1 Å². The van der Waals surface area contributed by atoms with Gasteiger partial charge >= 0.3 is 0 Å². The molecule has 0 saturated heterocycles. The van der Waals surface area contributed by atoms with Crippen LogP contribution in [0.1, 0.15) is 19.6 Å². The first-order chi connectivity index (χ1) is 12.4. The zero-order chi connectivity index (χ0) is 19.1. The Morgan fingerprint density at radius 2 is 1.96 bits per heavy atom. The molecule has 1 heterocycles. The summed E-state index contributed by atoms with van der Waals surface area (Å²) in [6, 6.07) is 8.19. The highest BCUT2D eigenvalue weighted by Crippen LogP contribution is 2.15. The number of anilines is 2. The van der Waals surface area contributed by atoms with Crippen molar-refractivity contribution in [3.8, 4) is 5.75 Å². The van der Waals surface area contributed by atoms with E-state index in [2.05, 4.69) is 15.8 Å². The molecule has 0 fully saturated rings. The van der Waals surface area contributed by atoms with Crippen LogP contribution >= 0.6 is 0 Å². The molecule has 0 bridgehead atoms. The van der Waals surface area contributed by atoms with Crippen molar-refractivity contribution in [2.45, 2.75) is 26.8 Å². The van der Waals surface area contributed by atoms with Crippen molar-refractivity contribution in [1.82, 2.24) is 10.1 Å². The Hall–Kier alpha value is -2.87. The van der Waals surface area contributed by atoms with Crippen molar-refractivity contribution in [3.63, 3.8) is 0 Å². The van der Waals surface area contributed by atoms with Crippen LogP contribution < -0.4 is 15.4 Å². The number of ether oxygens (including phenoxy) is 1. The number of hydrogen-bond acceptors (Lipinski definition) is 6. The van der Waals surface area contributed by atoms with Gasteiger partial charge in [0.2, 0.25) is 11.8 Å². The third-order valence-electron chi connectivity index (χ3n) is 3.93. The zero-order valence-corrected chi connectivity index (χ0v) is 15.4. The summed E-state index contributed by atoms with van der Waals surface area (Å²) >= 11 is 0. The summed E-state index contributed by atoms with van der Waals surface area (Å²) < 4.78 is 10.0. The van der Waals surface area contributed by atoms with E-state index in [4.69, 9.17) is 9.26 Å². The van der Waals surface area contributed by atoms with E-state index < -0.39 is 6.04 Å². The third kappa shape index (κ3) is 5.32. The number of amides is 2. The van der Waals surface area contributed by atoms with E-state index in [-0.39, 0.29) is 18.4 Å². The molecule has 2 N–H and O–H groups in total. The summed E-state index contributed by atoms with van der Waals surface area (Å²) in [6.07, 6.45) is 0. The summed E-state index contributed by atoms with van der Waals surface area (Å²) in [5.41, 5.74) is 0.669. The molecule has 2 aromatic rings. The van der Waals surface area contributed by atoms with E-state index >= 15 is 0 Å². The molecule has 0 spiro atoms. The maximum Gasteiger partial charge on any atom is 0.242 e. The van der Waals surface area contributed by atoms with E-state index in [9.17, 15) is 9.59 Å². The quantitative estimate of drug-likeness (QED) is 0.750. The monoisotopic (exact) mass is 360 g/mol. The van der Waals surface area contributed by atoms with Gasteiger partial charge in [-0.2, -0.15) is 0 Å². The van der Waals surface area contributed by atoms with Crippen LogP contribution in [0.4, 0.5) is 11.5 Å². The summed E-state index contributed by atoms with van der Waals surface area (Å²) in [5, 5.41) is 9.23. The van der Waals surface area contributed by atoms with Gasteiger partial charge in [0.1, 0.15) is 11.5 Å². The molecule has 26 heavy (non-hydrogen) atoms. The summed E-state index contributed by atoms with van der Waals surface area (Å²) in [4.78, 5) is 26.4. The molecule has 0 saturated carbocycles. The highest BCUT2D eigenvalue weighted by Gasteiger charge is 2.23. The average Bonchev–Trinajstić information content (AvgIpc) is 3.04. The minimum Gasteiger partial charge on any atom is -0.497 e. The summed E-state index contributed by atoms with van der Waals surface area (Å²) in [7, 11) is 1.58. The lowest BCUT2D eigenvalue weighted by molar-refractivity contribution is -0.123. The van der Waals surface area contributed by atoms with Gasteiger partial charge in [-0.1, -0.05) is 12.1 Å². The highest BCUT2D eigenvalue weighted by atomic mass is 16.5. The number of aryl methyl sites for hydroxylation is 1. The molecular formula is C18H24N4O4. The van der Waals surface area contributed by atoms with Crippen LogP contribution in [0, 0.1) is 6.92 Å². The lowest BCUT2D eigenvalue weighted by Gasteiger charge is -2.25. The van der Waals surface area contributed by atoms with Crippen LogP contribution in [0.3, 0.4) is 0 Å². The first-order valence-corrected chi connectivity index (χ1v) is 8.35. The Morgan fingerprint density at radius 1 is 1.27 bits per heavy atom. The third-order valence-corrected chi connectivity index (χ3v) is 3.93. The number of rotatable bonds is 8. The number of nitrogens with zero attached hydrogens (tertiary/aromatic N) is 2. The molecule has 8 heteroatoms. The van der Waals surface area contributed by atoms with Gasteiger partial charge in [-0.15, -0.1) is 0 Å². The molecule has 8 nitrogen and oxygen atoms in total. The Morgan fingerprint density at radius 3 is 2.50 bits per heavy atom. The Bertz CT molecular complexity index is 742. The van der Waals surface area contributed by atoms with Crippen LogP contribution in [0.25, 0.3) is 0 Å². The van der Waals surface area contributed by atoms with Crippen molar-refractivity contribution in [2.24, 2.45) is 0 Å². The second-order valence-corrected chi connectivity index (χ2v) is 5.83. The smallest absolute Gasteiger partial charge is 0.242 e. The van der Waals surface area contributed by atoms with Gasteiger partial charge < -0.3 is 19.9 Å². The Kier molecular flexibility index (Phi) is 6.74.